The number of anilines is 1. The standard InChI is InChI=1S/C11H16ClN3/c1-11(2)6-3-7-15(11)10-5-4-9(8-12)13-14-10/h4-5H,3,6-8H2,1-2H3. The number of rotatable bonds is 2. The van der Waals surface area contributed by atoms with Gasteiger partial charge in [0.1, 0.15) is 0 Å². The molecule has 1 aliphatic heterocycles. The monoisotopic (exact) mass is 225 g/mol. The molecule has 0 radical (unpaired) electrons. The topological polar surface area (TPSA) is 29.0 Å². The molecule has 0 N–H and O–H groups in total. The van der Waals surface area contributed by atoms with Gasteiger partial charge in [-0.1, -0.05) is 0 Å². The van der Waals surface area contributed by atoms with Crippen LogP contribution in [-0.2, 0) is 5.88 Å². The molecule has 1 saturated heterocycles. The second kappa shape index (κ2) is 3.97. The van der Waals surface area contributed by atoms with Crippen molar-refractivity contribution in [1.82, 2.24) is 10.2 Å². The van der Waals surface area contributed by atoms with Crippen LogP contribution in [0.1, 0.15) is 32.4 Å². The fourth-order valence-corrected chi connectivity index (χ4v) is 2.24. The van der Waals surface area contributed by atoms with Crippen LogP contribution in [-0.4, -0.2) is 22.3 Å². The van der Waals surface area contributed by atoms with E-state index >= 15 is 0 Å². The lowest BCUT2D eigenvalue weighted by Crippen LogP contribution is -2.38. The maximum atomic E-state index is 5.68. The zero-order chi connectivity index (χ0) is 10.9. The van der Waals surface area contributed by atoms with Crippen LogP contribution in [0.25, 0.3) is 0 Å². The predicted octanol–water partition coefficient (Wildman–Crippen LogP) is 2.59. The van der Waals surface area contributed by atoms with Gasteiger partial charge in [-0.3, -0.25) is 0 Å². The van der Waals surface area contributed by atoms with E-state index in [1.54, 1.807) is 0 Å². The van der Waals surface area contributed by atoms with Gasteiger partial charge in [0.05, 0.1) is 11.6 Å². The molecule has 2 heterocycles. The van der Waals surface area contributed by atoms with Crippen LogP contribution in [0.3, 0.4) is 0 Å². The lowest BCUT2D eigenvalue weighted by Gasteiger charge is -2.32. The maximum Gasteiger partial charge on any atom is 0.151 e. The van der Waals surface area contributed by atoms with E-state index in [1.807, 2.05) is 12.1 Å². The summed E-state index contributed by atoms with van der Waals surface area (Å²) in [5.41, 5.74) is 1.04. The first kappa shape index (κ1) is 10.7. The van der Waals surface area contributed by atoms with Crippen molar-refractivity contribution < 1.29 is 0 Å². The molecule has 3 nitrogen and oxygen atoms in total. The molecule has 0 spiro atoms. The minimum atomic E-state index is 0.206. The minimum absolute atomic E-state index is 0.206. The zero-order valence-corrected chi connectivity index (χ0v) is 9.96. The van der Waals surface area contributed by atoms with Crippen molar-refractivity contribution in [2.24, 2.45) is 0 Å². The van der Waals surface area contributed by atoms with Crippen LogP contribution in [0.15, 0.2) is 12.1 Å². The Kier molecular flexibility index (Phi) is 2.83. The molecule has 15 heavy (non-hydrogen) atoms. The normalized spacial score (nSPS) is 19.5. The van der Waals surface area contributed by atoms with Gasteiger partial charge in [-0.2, -0.15) is 5.10 Å². The van der Waals surface area contributed by atoms with Gasteiger partial charge in [0.25, 0.3) is 0 Å². The Bertz CT molecular complexity index is 334. The van der Waals surface area contributed by atoms with E-state index in [-0.39, 0.29) is 5.54 Å². The van der Waals surface area contributed by atoms with Crippen LogP contribution in [0, 0.1) is 0 Å². The summed E-state index contributed by atoms with van der Waals surface area (Å²) < 4.78 is 0. The highest BCUT2D eigenvalue weighted by atomic mass is 35.5. The second-order valence-electron chi connectivity index (χ2n) is 4.58. The van der Waals surface area contributed by atoms with Crippen LogP contribution in [0.2, 0.25) is 0 Å². The van der Waals surface area contributed by atoms with Crippen molar-refractivity contribution in [2.45, 2.75) is 38.1 Å². The second-order valence-corrected chi connectivity index (χ2v) is 4.85. The highest BCUT2D eigenvalue weighted by Crippen LogP contribution is 2.31. The van der Waals surface area contributed by atoms with Crippen molar-refractivity contribution in [3.63, 3.8) is 0 Å². The Morgan fingerprint density at radius 2 is 2.20 bits per heavy atom. The van der Waals surface area contributed by atoms with Gasteiger partial charge >= 0.3 is 0 Å². The Labute approximate surface area is 95.5 Å². The summed E-state index contributed by atoms with van der Waals surface area (Å²) in [6, 6.07) is 3.96. The van der Waals surface area contributed by atoms with E-state index in [0.29, 0.717) is 5.88 Å². The SMILES string of the molecule is CC1(C)CCCN1c1ccc(CCl)nn1. The third-order valence-corrected chi connectivity index (χ3v) is 3.29. The molecule has 0 saturated carbocycles. The average molecular weight is 226 g/mol. The van der Waals surface area contributed by atoms with Crippen molar-refractivity contribution in [1.29, 1.82) is 0 Å². The Morgan fingerprint density at radius 1 is 1.40 bits per heavy atom. The van der Waals surface area contributed by atoms with Crippen molar-refractivity contribution in [3.8, 4) is 0 Å². The van der Waals surface area contributed by atoms with Gasteiger partial charge in [0, 0.05) is 12.1 Å². The molecule has 1 aliphatic rings. The maximum absolute atomic E-state index is 5.68. The third kappa shape index (κ3) is 2.07. The van der Waals surface area contributed by atoms with E-state index in [9.17, 15) is 0 Å². The number of hydrogen-bond acceptors (Lipinski definition) is 3. The van der Waals surface area contributed by atoms with Gasteiger partial charge in [-0.25, -0.2) is 0 Å². The summed E-state index contributed by atoms with van der Waals surface area (Å²) in [5, 5.41) is 8.30. The predicted molar refractivity (Wildman–Crippen MR) is 62.2 cm³/mol. The van der Waals surface area contributed by atoms with Crippen LogP contribution in [0.5, 0.6) is 0 Å². The molecular formula is C11H16ClN3. The summed E-state index contributed by atoms with van der Waals surface area (Å²) in [7, 11) is 0. The van der Waals surface area contributed by atoms with Gasteiger partial charge in [-0.05, 0) is 38.8 Å². The van der Waals surface area contributed by atoms with E-state index in [0.717, 1.165) is 18.1 Å². The Morgan fingerprint density at radius 3 is 2.67 bits per heavy atom. The highest BCUT2D eigenvalue weighted by Gasteiger charge is 2.32. The molecule has 0 aliphatic carbocycles. The van der Waals surface area contributed by atoms with Crippen molar-refractivity contribution in [3.05, 3.63) is 17.8 Å². The molecule has 1 aromatic heterocycles. The first-order valence-corrected chi connectivity index (χ1v) is 5.83. The van der Waals surface area contributed by atoms with Crippen LogP contribution >= 0.6 is 11.6 Å². The average Bonchev–Trinajstić information content (AvgIpc) is 2.58. The summed E-state index contributed by atoms with van der Waals surface area (Å²) in [4.78, 5) is 2.32. The number of halogens is 1. The molecule has 1 fully saturated rings. The van der Waals surface area contributed by atoms with E-state index in [2.05, 4.69) is 28.9 Å². The summed E-state index contributed by atoms with van der Waals surface area (Å²) in [6.07, 6.45) is 2.44. The van der Waals surface area contributed by atoms with E-state index in [4.69, 9.17) is 11.6 Å². The fourth-order valence-electron chi connectivity index (χ4n) is 2.10. The third-order valence-electron chi connectivity index (χ3n) is 3.02. The molecule has 0 unspecified atom stereocenters. The first-order valence-electron chi connectivity index (χ1n) is 5.30. The quantitative estimate of drug-likeness (QED) is 0.725. The van der Waals surface area contributed by atoms with E-state index in [1.165, 1.54) is 12.8 Å². The summed E-state index contributed by atoms with van der Waals surface area (Å²) in [5.74, 6) is 1.39. The van der Waals surface area contributed by atoms with Gasteiger partial charge in [0.2, 0.25) is 0 Å². The largest absolute Gasteiger partial charge is 0.350 e. The molecule has 0 bridgehead atoms. The van der Waals surface area contributed by atoms with Crippen molar-refractivity contribution >= 4 is 17.4 Å². The smallest absolute Gasteiger partial charge is 0.151 e. The number of nitrogens with zero attached hydrogens (tertiary/aromatic N) is 3. The lowest BCUT2D eigenvalue weighted by molar-refractivity contribution is 0.512. The van der Waals surface area contributed by atoms with Crippen molar-refractivity contribution in [2.75, 3.05) is 11.4 Å². The van der Waals surface area contributed by atoms with Gasteiger partial charge in [0.15, 0.2) is 5.82 Å². The first-order chi connectivity index (χ1) is 7.13. The fraction of sp³-hybridized carbons (Fsp3) is 0.636. The molecule has 1 aromatic rings. The minimum Gasteiger partial charge on any atom is -0.350 e. The number of alkyl halides is 1. The molecule has 0 aromatic carbocycles. The molecule has 4 heteroatoms. The molecule has 2 rings (SSSR count). The van der Waals surface area contributed by atoms with Gasteiger partial charge < -0.3 is 4.90 Å². The van der Waals surface area contributed by atoms with Crippen LogP contribution in [0.4, 0.5) is 5.82 Å². The summed E-state index contributed by atoms with van der Waals surface area (Å²) >= 11 is 5.68. The lowest BCUT2D eigenvalue weighted by atomic mass is 10.0. The van der Waals surface area contributed by atoms with Crippen LogP contribution < -0.4 is 4.90 Å². The van der Waals surface area contributed by atoms with E-state index < -0.39 is 0 Å². The number of aromatic nitrogens is 2. The summed E-state index contributed by atoms with van der Waals surface area (Å²) in [6.45, 7) is 5.57. The highest BCUT2D eigenvalue weighted by molar-refractivity contribution is 6.16. The molecule has 82 valence electrons. The molecule has 0 atom stereocenters. The number of hydrogen-bond donors (Lipinski definition) is 0. The zero-order valence-electron chi connectivity index (χ0n) is 9.20. The molecule has 0 amide bonds. The molecular weight excluding hydrogens is 210 g/mol. The van der Waals surface area contributed by atoms with Gasteiger partial charge in [-0.15, -0.1) is 16.7 Å². The Balaban J connectivity index is 2.22. The Hall–Kier alpha value is -0.830.